The second-order valence-corrected chi connectivity index (χ2v) is 6.78. The van der Waals surface area contributed by atoms with Gasteiger partial charge in [0.1, 0.15) is 0 Å². The van der Waals surface area contributed by atoms with Crippen LogP contribution in [-0.4, -0.2) is 28.2 Å². The molecule has 0 aliphatic heterocycles. The molecule has 4 aromatic carbocycles. The third kappa shape index (κ3) is 2.10. The molecule has 24 heavy (non-hydrogen) atoms. The molecule has 0 aliphatic carbocycles. The van der Waals surface area contributed by atoms with Crippen molar-refractivity contribution < 1.29 is 0 Å². The highest BCUT2D eigenvalue weighted by atomic mass is 15.1. The van der Waals surface area contributed by atoms with Gasteiger partial charge in [0, 0.05) is 49.7 Å². The summed E-state index contributed by atoms with van der Waals surface area (Å²) >= 11 is 0. The summed E-state index contributed by atoms with van der Waals surface area (Å²) in [7, 11) is 8.52. The van der Waals surface area contributed by atoms with Crippen molar-refractivity contribution >= 4 is 43.7 Å². The normalized spacial score (nSPS) is 11.3. The molecule has 4 aromatic rings. The molecular weight excluding hydrogens is 292 g/mol. The van der Waals surface area contributed by atoms with Crippen molar-refractivity contribution in [3.05, 3.63) is 60.7 Å². The summed E-state index contributed by atoms with van der Waals surface area (Å²) in [5.74, 6) is 0. The minimum Gasteiger partial charge on any atom is -0.377 e. The van der Waals surface area contributed by atoms with Crippen LogP contribution in [0.25, 0.3) is 32.3 Å². The van der Waals surface area contributed by atoms with Crippen LogP contribution in [0.1, 0.15) is 0 Å². The number of nitrogens with zero attached hydrogens (tertiary/aromatic N) is 2. The van der Waals surface area contributed by atoms with Crippen molar-refractivity contribution in [1.82, 2.24) is 0 Å². The maximum Gasteiger partial charge on any atom is 0.0522 e. The molecule has 120 valence electrons. The van der Waals surface area contributed by atoms with Gasteiger partial charge in [-0.25, -0.2) is 0 Å². The fraction of sp³-hybridized carbons (Fsp3) is 0.182. The van der Waals surface area contributed by atoms with Gasteiger partial charge in [0.25, 0.3) is 0 Å². The van der Waals surface area contributed by atoms with E-state index in [4.69, 9.17) is 0 Å². The molecule has 4 rings (SSSR count). The van der Waals surface area contributed by atoms with Crippen LogP contribution >= 0.6 is 0 Å². The Balaban J connectivity index is 2.32. The molecule has 0 bridgehead atoms. The van der Waals surface area contributed by atoms with Crippen LogP contribution in [0.3, 0.4) is 0 Å². The summed E-state index contributed by atoms with van der Waals surface area (Å²) in [5, 5.41) is 7.78. The molecule has 0 radical (unpaired) electrons. The predicted octanol–water partition coefficient (Wildman–Crippen LogP) is 5.28. The van der Waals surface area contributed by atoms with E-state index in [-0.39, 0.29) is 0 Å². The highest BCUT2D eigenvalue weighted by Crippen LogP contribution is 2.43. The standard InChI is InChI=1S/C22H22N2/c1-23(2)21-17-11-7-8-12-18(17)22(24(3)4)20-14-16-10-6-5-9-15(16)13-19(20)21/h5-14H,1-4H3. The van der Waals surface area contributed by atoms with Crippen molar-refractivity contribution in [2.75, 3.05) is 38.0 Å². The van der Waals surface area contributed by atoms with Gasteiger partial charge in [0.15, 0.2) is 0 Å². The Labute approximate surface area is 142 Å². The molecule has 0 saturated heterocycles. The number of anilines is 2. The molecule has 0 unspecified atom stereocenters. The lowest BCUT2D eigenvalue weighted by atomic mass is 9.95. The van der Waals surface area contributed by atoms with E-state index < -0.39 is 0 Å². The van der Waals surface area contributed by atoms with Gasteiger partial charge in [0.2, 0.25) is 0 Å². The molecule has 0 amide bonds. The van der Waals surface area contributed by atoms with Crippen molar-refractivity contribution in [2.24, 2.45) is 0 Å². The number of fused-ring (bicyclic) bond motifs is 3. The van der Waals surface area contributed by atoms with Gasteiger partial charge in [-0.05, 0) is 22.9 Å². The largest absolute Gasteiger partial charge is 0.377 e. The molecule has 0 aliphatic rings. The Morgan fingerprint density at radius 2 is 0.875 bits per heavy atom. The minimum absolute atomic E-state index is 1.29. The molecule has 0 fully saturated rings. The van der Waals surface area contributed by atoms with Gasteiger partial charge in [-0.15, -0.1) is 0 Å². The van der Waals surface area contributed by atoms with E-state index in [1.54, 1.807) is 0 Å². The lowest BCUT2D eigenvalue weighted by molar-refractivity contribution is 1.14. The molecule has 0 spiro atoms. The Hall–Kier alpha value is -2.74. The zero-order valence-corrected chi connectivity index (χ0v) is 14.7. The lowest BCUT2D eigenvalue weighted by Crippen LogP contribution is -2.13. The van der Waals surface area contributed by atoms with Crippen molar-refractivity contribution in [1.29, 1.82) is 0 Å². The Kier molecular flexibility index (Phi) is 3.34. The maximum absolute atomic E-state index is 2.33. The maximum atomic E-state index is 2.33. The predicted molar refractivity (Wildman–Crippen MR) is 108 cm³/mol. The third-order valence-corrected chi connectivity index (χ3v) is 4.73. The van der Waals surface area contributed by atoms with Gasteiger partial charge in [0.05, 0.1) is 11.4 Å². The van der Waals surface area contributed by atoms with E-state index >= 15 is 0 Å². The first-order chi connectivity index (χ1) is 11.6. The quantitative estimate of drug-likeness (QED) is 0.367. The van der Waals surface area contributed by atoms with Crippen molar-refractivity contribution in [2.45, 2.75) is 0 Å². The average Bonchev–Trinajstić information content (AvgIpc) is 2.57. The molecule has 2 nitrogen and oxygen atoms in total. The summed E-state index contributed by atoms with van der Waals surface area (Å²) in [4.78, 5) is 4.47. The molecule has 0 atom stereocenters. The first kappa shape index (κ1) is 14.8. The fourth-order valence-electron chi connectivity index (χ4n) is 3.78. The molecule has 0 N–H and O–H groups in total. The smallest absolute Gasteiger partial charge is 0.0522 e. The summed E-state index contributed by atoms with van der Waals surface area (Å²) in [6.45, 7) is 0. The molecule has 0 heterocycles. The van der Waals surface area contributed by atoms with Crippen molar-refractivity contribution in [3.8, 4) is 0 Å². The topological polar surface area (TPSA) is 6.48 Å². The van der Waals surface area contributed by atoms with Crippen LogP contribution in [0.4, 0.5) is 11.4 Å². The zero-order valence-electron chi connectivity index (χ0n) is 14.7. The summed E-state index contributed by atoms with van der Waals surface area (Å²) < 4.78 is 0. The van der Waals surface area contributed by atoms with Crippen LogP contribution in [0.5, 0.6) is 0 Å². The van der Waals surface area contributed by atoms with Gasteiger partial charge < -0.3 is 9.80 Å². The fourth-order valence-corrected chi connectivity index (χ4v) is 3.78. The van der Waals surface area contributed by atoms with E-state index in [1.807, 2.05) is 0 Å². The van der Waals surface area contributed by atoms with Crippen molar-refractivity contribution in [3.63, 3.8) is 0 Å². The van der Waals surface area contributed by atoms with E-state index in [1.165, 1.54) is 43.7 Å². The molecular formula is C22H22N2. The molecule has 0 aromatic heterocycles. The summed E-state index contributed by atoms with van der Waals surface area (Å²) in [6.07, 6.45) is 0. The Morgan fingerprint density at radius 3 is 1.25 bits per heavy atom. The average molecular weight is 314 g/mol. The van der Waals surface area contributed by atoms with Crippen LogP contribution in [0, 0.1) is 0 Å². The number of hydrogen-bond acceptors (Lipinski definition) is 2. The highest BCUT2D eigenvalue weighted by molar-refractivity contribution is 6.22. The lowest BCUT2D eigenvalue weighted by Gasteiger charge is -2.25. The Morgan fingerprint density at radius 1 is 0.500 bits per heavy atom. The van der Waals surface area contributed by atoms with E-state index in [9.17, 15) is 0 Å². The molecule has 0 saturated carbocycles. The number of benzene rings is 4. The number of hydrogen-bond donors (Lipinski definition) is 0. The monoisotopic (exact) mass is 314 g/mol. The first-order valence-electron chi connectivity index (χ1n) is 8.30. The van der Waals surface area contributed by atoms with Gasteiger partial charge in [-0.1, -0.05) is 48.5 Å². The molecule has 2 heteroatoms. The van der Waals surface area contributed by atoms with Crippen LogP contribution in [-0.2, 0) is 0 Å². The van der Waals surface area contributed by atoms with Crippen LogP contribution in [0.15, 0.2) is 60.7 Å². The van der Waals surface area contributed by atoms with Gasteiger partial charge in [-0.2, -0.15) is 0 Å². The SMILES string of the molecule is CN(C)c1c2ccccc2c(N(C)C)c2cc3ccccc3cc12. The second kappa shape index (κ2) is 5.41. The first-order valence-corrected chi connectivity index (χ1v) is 8.30. The van der Waals surface area contributed by atoms with Crippen LogP contribution < -0.4 is 9.80 Å². The van der Waals surface area contributed by atoms with E-state index in [0.717, 1.165) is 0 Å². The minimum atomic E-state index is 1.29. The Bertz CT molecular complexity index is 976. The van der Waals surface area contributed by atoms with E-state index in [0.29, 0.717) is 0 Å². The van der Waals surface area contributed by atoms with Gasteiger partial charge >= 0.3 is 0 Å². The highest BCUT2D eigenvalue weighted by Gasteiger charge is 2.16. The summed E-state index contributed by atoms with van der Waals surface area (Å²) in [6, 6.07) is 22.0. The van der Waals surface area contributed by atoms with Gasteiger partial charge in [-0.3, -0.25) is 0 Å². The zero-order chi connectivity index (χ0) is 16.8. The number of rotatable bonds is 2. The van der Waals surface area contributed by atoms with Crippen LogP contribution in [0.2, 0.25) is 0 Å². The summed E-state index contributed by atoms with van der Waals surface area (Å²) in [5.41, 5.74) is 2.58. The third-order valence-electron chi connectivity index (χ3n) is 4.73. The van der Waals surface area contributed by atoms with E-state index in [2.05, 4.69) is 98.7 Å². The second-order valence-electron chi connectivity index (χ2n) is 6.78.